The summed E-state index contributed by atoms with van der Waals surface area (Å²) in [6.45, 7) is 0. The van der Waals surface area contributed by atoms with Gasteiger partial charge in [0.2, 0.25) is 0 Å². The Morgan fingerprint density at radius 1 is 1.14 bits per heavy atom. The van der Waals surface area contributed by atoms with Crippen molar-refractivity contribution in [1.82, 2.24) is 0 Å². The summed E-state index contributed by atoms with van der Waals surface area (Å²) in [5.74, 6) is 0.651. The Labute approximate surface area is 124 Å². The zero-order chi connectivity index (χ0) is 15.2. The van der Waals surface area contributed by atoms with Gasteiger partial charge >= 0.3 is 5.97 Å². The first-order valence-corrected chi connectivity index (χ1v) is 7.05. The summed E-state index contributed by atoms with van der Waals surface area (Å²) in [7, 11) is 3.07. The molecule has 0 aliphatic rings. The van der Waals surface area contributed by atoms with E-state index >= 15 is 0 Å². The molecule has 0 amide bonds. The summed E-state index contributed by atoms with van der Waals surface area (Å²) < 4.78 is 10.0. The van der Waals surface area contributed by atoms with Crippen molar-refractivity contribution in [3.8, 4) is 5.75 Å². The van der Waals surface area contributed by atoms with Gasteiger partial charge in [-0.2, -0.15) is 0 Å². The molecule has 0 saturated heterocycles. The van der Waals surface area contributed by atoms with E-state index in [0.29, 0.717) is 12.8 Å². The largest absolute Gasteiger partial charge is 0.496 e. The van der Waals surface area contributed by atoms with Crippen LogP contribution in [-0.4, -0.2) is 20.2 Å². The molecular weight excluding hydrogens is 266 g/mol. The van der Waals surface area contributed by atoms with Gasteiger partial charge in [0, 0.05) is 17.8 Å². The molecule has 0 aromatic heterocycles. The molecule has 0 radical (unpaired) electrons. The lowest BCUT2D eigenvalue weighted by atomic mass is 9.95. The maximum absolute atomic E-state index is 11.1. The monoisotopic (exact) mass is 287 g/mol. The van der Waals surface area contributed by atoms with Crippen molar-refractivity contribution in [2.75, 3.05) is 14.2 Å². The van der Waals surface area contributed by atoms with Gasteiger partial charge in [0.15, 0.2) is 0 Å². The van der Waals surface area contributed by atoms with Crippen LogP contribution in [-0.2, 0) is 9.53 Å². The Morgan fingerprint density at radius 3 is 2.52 bits per heavy atom. The van der Waals surface area contributed by atoms with Crippen molar-refractivity contribution < 1.29 is 14.3 Å². The zero-order valence-electron chi connectivity index (χ0n) is 12.5. The van der Waals surface area contributed by atoms with E-state index in [4.69, 9.17) is 10.5 Å². The van der Waals surface area contributed by atoms with Crippen LogP contribution in [0.1, 0.15) is 30.9 Å². The van der Waals surface area contributed by atoms with Crippen LogP contribution in [0.3, 0.4) is 0 Å². The van der Waals surface area contributed by atoms with Gasteiger partial charge in [-0.05, 0) is 29.9 Å². The number of benzene rings is 2. The Bertz CT molecular complexity index is 624. The second-order valence-electron chi connectivity index (χ2n) is 4.98. The summed E-state index contributed by atoms with van der Waals surface area (Å²) in [6.07, 6.45) is 1.86. The van der Waals surface area contributed by atoms with E-state index in [-0.39, 0.29) is 12.0 Å². The minimum absolute atomic E-state index is 0.106. The van der Waals surface area contributed by atoms with E-state index in [0.717, 1.165) is 28.5 Å². The van der Waals surface area contributed by atoms with Crippen molar-refractivity contribution in [2.45, 2.75) is 25.3 Å². The minimum atomic E-state index is -0.193. The van der Waals surface area contributed by atoms with Gasteiger partial charge < -0.3 is 15.2 Å². The van der Waals surface area contributed by atoms with Crippen molar-refractivity contribution in [3.63, 3.8) is 0 Å². The molecule has 2 aromatic rings. The van der Waals surface area contributed by atoms with Crippen LogP contribution in [0.4, 0.5) is 0 Å². The first-order valence-electron chi connectivity index (χ1n) is 7.05. The van der Waals surface area contributed by atoms with Gasteiger partial charge in [-0.1, -0.05) is 30.3 Å². The summed E-state index contributed by atoms with van der Waals surface area (Å²) in [4.78, 5) is 11.1. The number of esters is 1. The van der Waals surface area contributed by atoms with Gasteiger partial charge in [-0.15, -0.1) is 0 Å². The van der Waals surface area contributed by atoms with E-state index in [2.05, 4.69) is 4.74 Å². The number of methoxy groups -OCH3 is 2. The maximum atomic E-state index is 11.1. The number of nitrogens with two attached hydrogens (primary N) is 1. The highest BCUT2D eigenvalue weighted by atomic mass is 16.5. The highest BCUT2D eigenvalue weighted by molar-refractivity contribution is 5.91. The van der Waals surface area contributed by atoms with E-state index in [9.17, 15) is 4.79 Å². The van der Waals surface area contributed by atoms with Gasteiger partial charge in [0.1, 0.15) is 5.75 Å². The first-order chi connectivity index (χ1) is 10.2. The fourth-order valence-electron chi connectivity index (χ4n) is 2.52. The van der Waals surface area contributed by atoms with Crippen LogP contribution in [0.25, 0.3) is 10.8 Å². The molecule has 21 heavy (non-hydrogen) atoms. The number of carbonyl (C=O) groups is 1. The van der Waals surface area contributed by atoms with Gasteiger partial charge in [-0.25, -0.2) is 0 Å². The zero-order valence-corrected chi connectivity index (χ0v) is 12.5. The van der Waals surface area contributed by atoms with Crippen molar-refractivity contribution in [2.24, 2.45) is 5.73 Å². The molecule has 2 aromatic carbocycles. The third kappa shape index (κ3) is 3.52. The van der Waals surface area contributed by atoms with E-state index in [1.807, 2.05) is 36.4 Å². The Balaban J connectivity index is 2.19. The number of carbonyl (C=O) groups excluding carboxylic acids is 1. The van der Waals surface area contributed by atoms with E-state index < -0.39 is 0 Å². The number of ether oxygens (including phenoxy) is 2. The van der Waals surface area contributed by atoms with Crippen molar-refractivity contribution in [1.29, 1.82) is 0 Å². The standard InChI is InChI=1S/C17H21NO3/c1-20-16-11-10-13(12-6-3-4-7-14(12)16)15(18)8-5-9-17(19)21-2/h3-4,6-7,10-11,15H,5,8-9,18H2,1-2H3. The molecule has 4 nitrogen and oxygen atoms in total. The molecule has 4 heteroatoms. The predicted octanol–water partition coefficient (Wildman–Crippen LogP) is 3.19. The summed E-state index contributed by atoms with van der Waals surface area (Å²) in [5.41, 5.74) is 7.37. The molecule has 0 bridgehead atoms. The number of hydrogen-bond donors (Lipinski definition) is 1. The topological polar surface area (TPSA) is 61.5 Å². The number of rotatable bonds is 6. The molecule has 112 valence electrons. The third-order valence-corrected chi connectivity index (χ3v) is 3.66. The molecule has 0 heterocycles. The van der Waals surface area contributed by atoms with Gasteiger partial charge in [0.05, 0.1) is 14.2 Å². The van der Waals surface area contributed by atoms with Crippen LogP contribution in [0.5, 0.6) is 5.75 Å². The second-order valence-corrected chi connectivity index (χ2v) is 4.98. The smallest absolute Gasteiger partial charge is 0.305 e. The highest BCUT2D eigenvalue weighted by Crippen LogP contribution is 2.32. The summed E-state index contributed by atoms with van der Waals surface area (Å²) in [6, 6.07) is 11.9. The molecule has 2 N–H and O–H groups in total. The molecule has 0 aliphatic heterocycles. The minimum Gasteiger partial charge on any atom is -0.496 e. The van der Waals surface area contributed by atoms with Gasteiger partial charge in [-0.3, -0.25) is 4.79 Å². The van der Waals surface area contributed by atoms with Crippen LogP contribution in [0.2, 0.25) is 0 Å². The van der Waals surface area contributed by atoms with E-state index in [1.165, 1.54) is 7.11 Å². The van der Waals surface area contributed by atoms with Gasteiger partial charge in [0.25, 0.3) is 0 Å². The molecule has 0 fully saturated rings. The molecule has 1 atom stereocenters. The van der Waals surface area contributed by atoms with Crippen LogP contribution >= 0.6 is 0 Å². The van der Waals surface area contributed by atoms with E-state index in [1.54, 1.807) is 7.11 Å². The van der Waals surface area contributed by atoms with Crippen LogP contribution < -0.4 is 10.5 Å². The molecule has 0 aliphatic carbocycles. The van der Waals surface area contributed by atoms with Crippen molar-refractivity contribution in [3.05, 3.63) is 42.0 Å². The number of fused-ring (bicyclic) bond motifs is 1. The Kier molecular flexibility index (Phi) is 5.17. The fourth-order valence-corrected chi connectivity index (χ4v) is 2.52. The predicted molar refractivity (Wildman–Crippen MR) is 83.3 cm³/mol. The lowest BCUT2D eigenvalue weighted by molar-refractivity contribution is -0.140. The lowest BCUT2D eigenvalue weighted by Gasteiger charge is -2.16. The van der Waals surface area contributed by atoms with Crippen LogP contribution in [0, 0.1) is 0 Å². The molecule has 2 rings (SSSR count). The average molecular weight is 287 g/mol. The van der Waals surface area contributed by atoms with Crippen LogP contribution in [0.15, 0.2) is 36.4 Å². The number of hydrogen-bond acceptors (Lipinski definition) is 4. The molecule has 0 saturated carbocycles. The second kappa shape index (κ2) is 7.09. The Hall–Kier alpha value is -2.07. The normalized spacial score (nSPS) is 12.1. The first kappa shape index (κ1) is 15.3. The van der Waals surface area contributed by atoms with Crippen molar-refractivity contribution >= 4 is 16.7 Å². The SMILES string of the molecule is COC(=O)CCCC(N)c1ccc(OC)c2ccccc12. The highest BCUT2D eigenvalue weighted by Gasteiger charge is 2.13. The summed E-state index contributed by atoms with van der Waals surface area (Å²) >= 11 is 0. The summed E-state index contributed by atoms with van der Waals surface area (Å²) in [5, 5.41) is 2.16. The maximum Gasteiger partial charge on any atom is 0.305 e. The molecule has 1 unspecified atom stereocenters. The lowest BCUT2D eigenvalue weighted by Crippen LogP contribution is -2.12. The third-order valence-electron chi connectivity index (χ3n) is 3.66. The fraction of sp³-hybridized carbons (Fsp3) is 0.353. The molecular formula is C17H21NO3. The average Bonchev–Trinajstić information content (AvgIpc) is 2.53. The Morgan fingerprint density at radius 2 is 1.86 bits per heavy atom. The molecule has 0 spiro atoms. The quantitative estimate of drug-likeness (QED) is 0.829.